The lowest BCUT2D eigenvalue weighted by atomic mass is 10.0. The van der Waals surface area contributed by atoms with E-state index in [9.17, 15) is 73.5 Å². The first-order valence-electron chi connectivity index (χ1n) is 20.7. The van der Waals surface area contributed by atoms with E-state index in [-0.39, 0.29) is 56.2 Å². The third-order valence-electron chi connectivity index (χ3n) is 10.1. The highest BCUT2D eigenvalue weighted by Gasteiger charge is 2.45. The quantitative estimate of drug-likeness (QED) is 0.0374. The number of guanidine groups is 1. The molecule has 11 atom stereocenters. The Balaban J connectivity index is 1.99. The zero-order chi connectivity index (χ0) is 50.0. The maximum atomic E-state index is 14.4. The van der Waals surface area contributed by atoms with Crippen LogP contribution in [0.25, 0.3) is 0 Å². The van der Waals surface area contributed by atoms with Gasteiger partial charge < -0.3 is 89.6 Å². The first kappa shape index (κ1) is 56.1. The largest absolute Gasteiger partial charge is 0.481 e. The summed E-state index contributed by atoms with van der Waals surface area (Å²) in [5.74, 6) is -10.9. The summed E-state index contributed by atoms with van der Waals surface area (Å²) in [6, 6.07) is -8.74. The molecule has 0 aromatic carbocycles. The molecule has 0 unspecified atom stereocenters. The summed E-state index contributed by atoms with van der Waals surface area (Å²) >= 11 is 0.648. The molecule has 3 fully saturated rings. The molecule has 3 rings (SSSR count). The zero-order valence-corrected chi connectivity index (χ0v) is 38.6. The van der Waals surface area contributed by atoms with Crippen molar-refractivity contribution in [1.82, 2.24) is 42.1 Å². The predicted octanol–water partition coefficient (Wildman–Crippen LogP) is -8.40. The van der Waals surface area contributed by atoms with Crippen LogP contribution in [0.3, 0.4) is 0 Å². The summed E-state index contributed by atoms with van der Waals surface area (Å²) in [5.41, 5.74) is 14.9. The van der Waals surface area contributed by atoms with Crippen molar-refractivity contribution >= 4 is 98.4 Å². The van der Waals surface area contributed by atoms with Gasteiger partial charge in [0, 0.05) is 37.3 Å². The number of aliphatic hydroxyl groups is 4. The van der Waals surface area contributed by atoms with Gasteiger partial charge in [0.2, 0.25) is 53.2 Å². The van der Waals surface area contributed by atoms with Crippen molar-refractivity contribution in [2.75, 3.05) is 50.0 Å². The number of aliphatic carboxylic acids is 1. The van der Waals surface area contributed by atoms with Crippen molar-refractivity contribution in [2.24, 2.45) is 22.2 Å². The number of carboxylic acids is 1. The molecule has 67 heavy (non-hydrogen) atoms. The fourth-order valence-corrected chi connectivity index (χ4v) is 10.2. The van der Waals surface area contributed by atoms with Crippen molar-refractivity contribution in [1.29, 1.82) is 0 Å². The highest BCUT2D eigenvalue weighted by Crippen LogP contribution is 2.30. The summed E-state index contributed by atoms with van der Waals surface area (Å²) in [7, 11) is 1.99. The second-order valence-electron chi connectivity index (χ2n) is 15.3. The van der Waals surface area contributed by atoms with E-state index in [0.29, 0.717) is 11.8 Å². The fourth-order valence-electron chi connectivity index (χ4n) is 6.70. The minimum atomic E-state index is -1.91. The van der Waals surface area contributed by atoms with Gasteiger partial charge in [-0.15, -0.1) is 11.8 Å². The number of rotatable bonds is 12. The molecule has 3 aliphatic heterocycles. The minimum absolute atomic E-state index is 0.0226. The molecular formula is C36H58N12O16S3. The van der Waals surface area contributed by atoms with Crippen molar-refractivity contribution < 1.29 is 78.2 Å². The number of amides is 9. The van der Waals surface area contributed by atoms with Crippen LogP contribution in [-0.4, -0.2) is 212 Å². The zero-order valence-electron chi connectivity index (χ0n) is 36.1. The lowest BCUT2D eigenvalue weighted by Crippen LogP contribution is -2.60. The van der Waals surface area contributed by atoms with Gasteiger partial charge in [-0.3, -0.25) is 52.9 Å². The Morgan fingerprint density at radius 2 is 1.48 bits per heavy atom. The number of ether oxygens (including phenoxy) is 1. The van der Waals surface area contributed by atoms with E-state index in [1.54, 1.807) is 0 Å². The van der Waals surface area contributed by atoms with Crippen LogP contribution in [0.15, 0.2) is 4.99 Å². The van der Waals surface area contributed by atoms with E-state index < -0.39 is 157 Å². The minimum Gasteiger partial charge on any atom is -0.481 e. The van der Waals surface area contributed by atoms with Crippen molar-refractivity contribution in [3.8, 4) is 0 Å². The molecule has 18 N–H and O–H groups in total. The SMILES string of the molecule is CC(=O)N[C@H]1CSSC[C@@H](C(N)=O)NC(=O)[C@@H]2CCCN2C(=O)[C@H](CS[C@@H]2O[C@H](CO)[C@@H](O)[C@H](O)[C@H]2O)NC(=O)[C@H](CC(=O)O)NC(=O)CNC(=O)[C@H](CCCN=C(N)N)NC(=O)CNC1=O. The van der Waals surface area contributed by atoms with E-state index in [1.165, 1.54) is 0 Å². The van der Waals surface area contributed by atoms with Crippen LogP contribution < -0.4 is 54.4 Å². The Morgan fingerprint density at radius 1 is 0.836 bits per heavy atom. The molecule has 0 bridgehead atoms. The van der Waals surface area contributed by atoms with Gasteiger partial charge in [-0.2, -0.15) is 0 Å². The molecule has 31 heteroatoms. The number of hydrogen-bond acceptors (Lipinski definition) is 19. The van der Waals surface area contributed by atoms with E-state index in [1.807, 2.05) is 0 Å². The first-order chi connectivity index (χ1) is 31.6. The van der Waals surface area contributed by atoms with E-state index in [0.717, 1.165) is 33.4 Å². The van der Waals surface area contributed by atoms with Crippen LogP contribution in [-0.2, 0) is 52.7 Å². The second kappa shape index (κ2) is 27.6. The third-order valence-corrected chi connectivity index (χ3v) is 13.8. The van der Waals surface area contributed by atoms with Gasteiger partial charge in [-0.1, -0.05) is 21.6 Å². The molecule has 0 aromatic heterocycles. The van der Waals surface area contributed by atoms with E-state index in [4.69, 9.17) is 21.9 Å². The molecule has 3 aliphatic rings. The number of carbonyl (C=O) groups excluding carboxylic acids is 9. The molecule has 28 nitrogen and oxygen atoms in total. The van der Waals surface area contributed by atoms with Gasteiger partial charge >= 0.3 is 5.97 Å². The van der Waals surface area contributed by atoms with Gasteiger partial charge in [0.15, 0.2) is 5.96 Å². The molecule has 376 valence electrons. The monoisotopic (exact) mass is 1010 g/mol. The molecule has 0 spiro atoms. The lowest BCUT2D eigenvalue weighted by Gasteiger charge is -2.40. The van der Waals surface area contributed by atoms with Gasteiger partial charge in [0.1, 0.15) is 66.1 Å². The topological polar surface area (TPSA) is 459 Å². The van der Waals surface area contributed by atoms with Crippen LogP contribution in [0.1, 0.15) is 39.0 Å². The fraction of sp³-hybridized carbons (Fsp3) is 0.694. The third kappa shape index (κ3) is 18.1. The van der Waals surface area contributed by atoms with Crippen LogP contribution >= 0.6 is 33.3 Å². The maximum absolute atomic E-state index is 14.4. The van der Waals surface area contributed by atoms with E-state index in [2.05, 4.69) is 42.2 Å². The first-order valence-corrected chi connectivity index (χ1v) is 24.2. The molecule has 0 aliphatic carbocycles. The van der Waals surface area contributed by atoms with E-state index >= 15 is 0 Å². The molecule has 0 radical (unpaired) electrons. The average molecular weight is 1010 g/mol. The number of aliphatic hydroxyl groups excluding tert-OH is 4. The Morgan fingerprint density at radius 3 is 2.09 bits per heavy atom. The van der Waals surface area contributed by atoms with Crippen LogP contribution in [0.5, 0.6) is 0 Å². The highest BCUT2D eigenvalue weighted by atomic mass is 33.1. The molecular weight excluding hydrogens is 953 g/mol. The summed E-state index contributed by atoms with van der Waals surface area (Å²) in [6.45, 7) is -1.23. The number of nitrogens with one attached hydrogen (secondary N) is 7. The van der Waals surface area contributed by atoms with Gasteiger partial charge in [0.25, 0.3) is 0 Å². The molecule has 3 saturated heterocycles. The average Bonchev–Trinajstić information content (AvgIpc) is 3.76. The molecule has 9 amide bonds. The number of aliphatic imine (C=N–C) groups is 1. The Hall–Kier alpha value is -5.18. The van der Waals surface area contributed by atoms with Gasteiger partial charge in [-0.25, -0.2) is 0 Å². The summed E-state index contributed by atoms with van der Waals surface area (Å²) in [4.78, 5) is 136. The predicted molar refractivity (Wildman–Crippen MR) is 239 cm³/mol. The standard InChI is InChI=1S/C36H58N12O16S3/c1-15(50)43-19-14-67-66-13-18(29(37)58)46-33(62)21-5-3-7-48(21)34(63)20(12-65-35-28(57)27(56)26(55)22(11-49)64-35)47-32(61)17(8-25(53)54)45-24(52)10-41-30(59)16(4-2-6-40-36(38)39)44-23(51)9-42-31(19)60/h16-22,26-28,35,49,55-57H,2-14H2,1H3,(H2,37,58)(H,41,59)(H,42,60)(H,43,50)(H,44,51)(H,45,52)(H,46,62)(H,47,61)(H,53,54)(H4,38,39,40)/t16-,17-,18-,19-,20-,21-,22+,26+,27-,28+,35-/m0/s1. The lowest BCUT2D eigenvalue weighted by molar-refractivity contribution is -0.205. The van der Waals surface area contributed by atoms with Crippen molar-refractivity contribution in [2.45, 2.75) is 105 Å². The Bertz CT molecular complexity index is 1850. The Kier molecular flexibility index (Phi) is 23.1. The molecule has 0 aromatic rings. The number of carbonyl (C=O) groups is 10. The number of carboxylic acid groups (broad SMARTS) is 1. The normalized spacial score (nSPS) is 30.3. The number of fused-ring (bicyclic) bond motifs is 1. The smallest absolute Gasteiger partial charge is 0.305 e. The summed E-state index contributed by atoms with van der Waals surface area (Å²) in [5, 5.41) is 67.2. The number of thioether (sulfide) groups is 1. The number of hydrogen-bond donors (Lipinski definition) is 15. The Labute approximate surface area is 394 Å². The summed E-state index contributed by atoms with van der Waals surface area (Å²) in [6.07, 6.45) is -7.36. The van der Waals surface area contributed by atoms with Crippen LogP contribution in [0, 0.1) is 0 Å². The second-order valence-corrected chi connectivity index (χ2v) is 19.0. The van der Waals surface area contributed by atoms with Crippen molar-refractivity contribution in [3.63, 3.8) is 0 Å². The molecule has 0 saturated carbocycles. The van der Waals surface area contributed by atoms with Gasteiger partial charge in [0.05, 0.1) is 26.1 Å². The summed E-state index contributed by atoms with van der Waals surface area (Å²) < 4.78 is 5.53. The molecule has 3 heterocycles. The highest BCUT2D eigenvalue weighted by molar-refractivity contribution is 8.76. The number of primary amides is 1. The maximum Gasteiger partial charge on any atom is 0.305 e. The van der Waals surface area contributed by atoms with Crippen LogP contribution in [0.2, 0.25) is 0 Å². The van der Waals surface area contributed by atoms with Crippen molar-refractivity contribution in [3.05, 3.63) is 0 Å². The number of nitrogens with two attached hydrogens (primary N) is 3. The van der Waals surface area contributed by atoms with Gasteiger partial charge in [-0.05, 0) is 25.7 Å². The van der Waals surface area contributed by atoms with Crippen LogP contribution in [0.4, 0.5) is 0 Å². The number of nitrogens with zero attached hydrogens (tertiary/aromatic N) is 2.